The van der Waals surface area contributed by atoms with Crippen LogP contribution in [-0.2, 0) is 10.0 Å². The molecule has 0 saturated carbocycles. The Morgan fingerprint density at radius 1 is 1.00 bits per heavy atom. The molecule has 228 valence electrons. The molecule has 2 heterocycles. The predicted molar refractivity (Wildman–Crippen MR) is 176 cm³/mol. The van der Waals surface area contributed by atoms with E-state index in [9.17, 15) is 18.0 Å². The topological polar surface area (TPSA) is 113 Å². The van der Waals surface area contributed by atoms with Crippen molar-refractivity contribution in [3.05, 3.63) is 99.9 Å². The maximum absolute atomic E-state index is 13.9. The van der Waals surface area contributed by atoms with E-state index in [4.69, 9.17) is 4.42 Å². The third kappa shape index (κ3) is 6.64. The second-order valence-corrected chi connectivity index (χ2v) is 14.4. The highest BCUT2D eigenvalue weighted by atomic mass is 32.2. The third-order valence-electron chi connectivity index (χ3n) is 6.80. The first-order valence-corrected chi connectivity index (χ1v) is 16.6. The summed E-state index contributed by atoms with van der Waals surface area (Å²) in [7, 11) is -3.77. The van der Waals surface area contributed by atoms with Crippen molar-refractivity contribution in [2.45, 2.75) is 39.5 Å². The van der Waals surface area contributed by atoms with Crippen molar-refractivity contribution in [1.29, 1.82) is 0 Å². The Labute approximate surface area is 260 Å². The van der Waals surface area contributed by atoms with Crippen LogP contribution in [0.2, 0.25) is 0 Å². The Bertz CT molecular complexity index is 2000. The Hall–Kier alpha value is -4.19. The van der Waals surface area contributed by atoms with Crippen molar-refractivity contribution in [2.75, 3.05) is 18.1 Å². The number of aromatic nitrogens is 1. The molecule has 5 rings (SSSR count). The fraction of sp³-hybridized carbons (Fsp3) is 0.273. The summed E-state index contributed by atoms with van der Waals surface area (Å²) >= 11 is 1.28. The van der Waals surface area contributed by atoms with E-state index >= 15 is 0 Å². The molecule has 9 nitrogen and oxygen atoms in total. The maximum Gasteiger partial charge on any atom is 0.280 e. The summed E-state index contributed by atoms with van der Waals surface area (Å²) in [6, 6.07) is 18.5. The molecule has 1 amide bonds. The highest BCUT2D eigenvalue weighted by Crippen LogP contribution is 2.31. The maximum atomic E-state index is 13.9. The van der Waals surface area contributed by atoms with Crippen LogP contribution >= 0.6 is 11.3 Å². The Morgan fingerprint density at radius 3 is 2.36 bits per heavy atom. The van der Waals surface area contributed by atoms with Crippen LogP contribution in [0, 0.1) is 18.8 Å². The lowest BCUT2D eigenvalue weighted by Gasteiger charge is -2.25. The number of carbonyl (C=O) groups is 1. The van der Waals surface area contributed by atoms with Crippen LogP contribution in [0.1, 0.15) is 49.2 Å². The number of anilines is 1. The molecule has 0 atom stereocenters. The molecule has 0 aliphatic rings. The minimum Gasteiger partial charge on any atom is -0.463 e. The lowest BCUT2D eigenvalue weighted by Crippen LogP contribution is -2.37. The number of carbonyl (C=O) groups excluding carboxylic acids is 1. The van der Waals surface area contributed by atoms with Crippen LogP contribution in [0.5, 0.6) is 0 Å². The number of hydrogen-bond donors (Lipinski definition) is 0. The quantitative estimate of drug-likeness (QED) is 0.125. The van der Waals surface area contributed by atoms with Crippen LogP contribution in [-0.4, -0.2) is 42.9 Å². The van der Waals surface area contributed by atoms with Crippen LogP contribution in [0.4, 0.5) is 5.13 Å². The number of nitrogens with zero attached hydrogens (tertiary/aromatic N) is 4. The summed E-state index contributed by atoms with van der Waals surface area (Å²) in [5, 5.41) is 6.23. The first kappa shape index (κ1) is 31.2. The lowest BCUT2D eigenvalue weighted by atomic mass is 10.2. The van der Waals surface area contributed by atoms with E-state index in [1.165, 1.54) is 52.4 Å². The van der Waals surface area contributed by atoms with Crippen molar-refractivity contribution < 1.29 is 17.6 Å². The molecule has 0 aliphatic heterocycles. The van der Waals surface area contributed by atoms with Crippen molar-refractivity contribution in [1.82, 2.24) is 9.29 Å². The third-order valence-corrected chi connectivity index (χ3v) is 9.64. The van der Waals surface area contributed by atoms with Gasteiger partial charge in [0.15, 0.2) is 0 Å². The fourth-order valence-electron chi connectivity index (χ4n) is 4.73. The number of para-hydroxylation sites is 1. The molecule has 0 N–H and O–H groups in total. The summed E-state index contributed by atoms with van der Waals surface area (Å²) in [5.74, 6) is -0.232. The average molecular weight is 631 g/mol. The molecule has 0 radical (unpaired) electrons. The molecule has 0 bridgehead atoms. The molecule has 11 heteroatoms. The van der Waals surface area contributed by atoms with E-state index in [1.807, 2.05) is 52.8 Å². The lowest BCUT2D eigenvalue weighted by molar-refractivity contribution is 0.0987. The van der Waals surface area contributed by atoms with Crippen molar-refractivity contribution >= 4 is 59.8 Å². The summed E-state index contributed by atoms with van der Waals surface area (Å²) in [6.07, 6.45) is 2.58. The molecular weight excluding hydrogens is 597 g/mol. The minimum atomic E-state index is -3.77. The molecule has 0 saturated heterocycles. The molecule has 0 fully saturated rings. The molecule has 2 aromatic heterocycles. The Kier molecular flexibility index (Phi) is 9.10. The van der Waals surface area contributed by atoms with Gasteiger partial charge in [0.05, 0.1) is 32.3 Å². The van der Waals surface area contributed by atoms with Crippen LogP contribution in [0.25, 0.3) is 21.2 Å². The van der Waals surface area contributed by atoms with Gasteiger partial charge in [0.2, 0.25) is 20.6 Å². The van der Waals surface area contributed by atoms with Gasteiger partial charge in [0.1, 0.15) is 11.8 Å². The predicted octanol–water partition coefficient (Wildman–Crippen LogP) is 6.69. The van der Waals surface area contributed by atoms with Crippen LogP contribution in [0.15, 0.2) is 92.2 Å². The molecular formula is C33H34N4O5S2. The van der Waals surface area contributed by atoms with E-state index < -0.39 is 15.9 Å². The number of thiazole rings is 1. The number of aryl methyl sites for hydroxylation is 1. The van der Waals surface area contributed by atoms with Crippen molar-refractivity contribution in [3.63, 3.8) is 0 Å². The average Bonchev–Trinajstić information content (AvgIpc) is 3.40. The van der Waals surface area contributed by atoms with Gasteiger partial charge in [-0.15, -0.1) is 0 Å². The highest BCUT2D eigenvalue weighted by molar-refractivity contribution is 7.89. The van der Waals surface area contributed by atoms with Gasteiger partial charge in [-0.3, -0.25) is 9.59 Å². The Balaban J connectivity index is 1.52. The number of rotatable bonds is 10. The van der Waals surface area contributed by atoms with E-state index in [0.29, 0.717) is 34.7 Å². The summed E-state index contributed by atoms with van der Waals surface area (Å²) in [6.45, 7) is 10.7. The van der Waals surface area contributed by atoms with Crippen LogP contribution in [0.3, 0.4) is 0 Å². The first-order valence-electron chi connectivity index (χ1n) is 14.3. The normalized spacial score (nSPS) is 12.4. The van der Waals surface area contributed by atoms with Gasteiger partial charge in [0, 0.05) is 18.7 Å². The fourth-order valence-corrected chi connectivity index (χ4v) is 7.51. The number of hydrogen-bond acceptors (Lipinski definition) is 8. The molecule has 0 unspecified atom stereocenters. The molecule has 5 aromatic rings. The molecule has 44 heavy (non-hydrogen) atoms. The van der Waals surface area contributed by atoms with Gasteiger partial charge in [-0.05, 0) is 72.9 Å². The largest absolute Gasteiger partial charge is 0.463 e. The van der Waals surface area contributed by atoms with E-state index in [-0.39, 0.29) is 33.3 Å². The number of benzene rings is 3. The SMILES string of the molecule is Cc1ccc2nc(N(/N=C/c3coc4ccccc4c3=O)C(=O)c3ccc(S(=O)(=O)N(CC(C)C)CC(C)C)cc3)sc2c1. The zero-order valence-corrected chi connectivity index (χ0v) is 26.9. The van der Waals surface area contributed by atoms with Crippen molar-refractivity contribution in [3.8, 4) is 0 Å². The number of sulfonamides is 1. The van der Waals surface area contributed by atoms with Crippen molar-refractivity contribution in [2.24, 2.45) is 16.9 Å². The van der Waals surface area contributed by atoms with Gasteiger partial charge >= 0.3 is 0 Å². The van der Waals surface area contributed by atoms with Crippen LogP contribution < -0.4 is 10.4 Å². The van der Waals surface area contributed by atoms with Gasteiger partial charge < -0.3 is 4.42 Å². The second-order valence-electron chi connectivity index (χ2n) is 11.5. The molecule has 0 aliphatic carbocycles. The van der Waals surface area contributed by atoms with Gasteiger partial charge in [-0.1, -0.05) is 57.2 Å². The summed E-state index contributed by atoms with van der Waals surface area (Å²) in [5.41, 5.74) is 2.27. The van der Waals surface area contributed by atoms with E-state index in [1.54, 1.807) is 24.3 Å². The molecule has 0 spiro atoms. The zero-order valence-electron chi connectivity index (χ0n) is 25.2. The van der Waals surface area contributed by atoms with Gasteiger partial charge in [-0.2, -0.15) is 14.4 Å². The first-order chi connectivity index (χ1) is 20.9. The standard InChI is InChI=1S/C33H34N4O5S2/c1-21(2)18-36(19-22(3)4)44(40,41)26-13-11-24(12-14-26)32(39)37(33-35-28-15-10-23(5)16-30(28)43-33)34-17-25-20-42-29-9-7-6-8-27(29)31(25)38/h6-17,20-22H,18-19H2,1-5H3/b34-17+. The Morgan fingerprint density at radius 2 is 1.68 bits per heavy atom. The number of fused-ring (bicyclic) bond motifs is 2. The number of amides is 1. The zero-order chi connectivity index (χ0) is 31.6. The van der Waals surface area contributed by atoms with Gasteiger partial charge in [0.25, 0.3) is 5.91 Å². The van der Waals surface area contributed by atoms with E-state index in [0.717, 1.165) is 15.3 Å². The van der Waals surface area contributed by atoms with Gasteiger partial charge in [-0.25, -0.2) is 13.4 Å². The summed E-state index contributed by atoms with van der Waals surface area (Å²) < 4.78 is 35.0. The second kappa shape index (κ2) is 12.8. The minimum absolute atomic E-state index is 0.106. The number of hydrazone groups is 1. The van der Waals surface area contributed by atoms with E-state index in [2.05, 4.69) is 10.1 Å². The smallest absolute Gasteiger partial charge is 0.280 e. The highest BCUT2D eigenvalue weighted by Gasteiger charge is 2.27. The summed E-state index contributed by atoms with van der Waals surface area (Å²) in [4.78, 5) is 31.7. The molecule has 3 aromatic carbocycles. The monoisotopic (exact) mass is 630 g/mol.